The molecule has 1 amide bonds. The van der Waals surface area contributed by atoms with Crippen LogP contribution in [0.25, 0.3) is 21.7 Å². The SMILES string of the molecule is C=CCCn1cc([C@H](c2cccc3c(=O)n(C)ccc23)N(C(=O)OCCOP(=O)(O)O)c2cc(Cl)c3ncc(C#N)c(NCC(C)(C)C)c3c2)nn1. The van der Waals surface area contributed by atoms with Crippen LogP contribution in [0.1, 0.15) is 50.1 Å². The fourth-order valence-corrected chi connectivity index (χ4v) is 6.14. The molecule has 0 aliphatic heterocycles. The van der Waals surface area contributed by atoms with Gasteiger partial charge in [0.15, 0.2) is 0 Å². The molecule has 0 aliphatic rings. The van der Waals surface area contributed by atoms with E-state index in [2.05, 4.69) is 37.8 Å². The number of allylic oxidation sites excluding steroid dienone is 1. The Morgan fingerprint density at radius 2 is 1.98 bits per heavy atom. The highest BCUT2D eigenvalue weighted by Gasteiger charge is 2.34. The maximum atomic E-state index is 14.4. The first-order valence-corrected chi connectivity index (χ1v) is 18.0. The number of nitrogens with zero attached hydrogens (tertiary/aromatic N) is 7. The number of nitriles is 1. The van der Waals surface area contributed by atoms with E-state index >= 15 is 0 Å². The van der Waals surface area contributed by atoms with E-state index in [-0.39, 0.29) is 27.2 Å². The quantitative estimate of drug-likeness (QED) is 0.0714. The minimum absolute atomic E-state index is 0.151. The number of hydrogen-bond acceptors (Lipinski definition) is 10. The third kappa shape index (κ3) is 8.67. The highest BCUT2D eigenvalue weighted by Crippen LogP contribution is 2.41. The highest BCUT2D eigenvalue weighted by molar-refractivity contribution is 7.46. The van der Waals surface area contributed by atoms with Crippen LogP contribution in [-0.4, -0.2) is 60.2 Å². The van der Waals surface area contributed by atoms with Crippen molar-refractivity contribution in [3.05, 3.63) is 99.8 Å². The van der Waals surface area contributed by atoms with Gasteiger partial charge in [0.05, 0.1) is 40.3 Å². The lowest BCUT2D eigenvalue weighted by Crippen LogP contribution is -2.37. The zero-order valence-corrected chi connectivity index (χ0v) is 30.6. The first-order valence-electron chi connectivity index (χ1n) is 16.1. The summed E-state index contributed by atoms with van der Waals surface area (Å²) >= 11 is 6.89. The molecule has 0 saturated carbocycles. The van der Waals surface area contributed by atoms with Gasteiger partial charge in [0.25, 0.3) is 5.56 Å². The van der Waals surface area contributed by atoms with Gasteiger partial charge in [0.1, 0.15) is 24.4 Å². The van der Waals surface area contributed by atoms with Crippen LogP contribution >= 0.6 is 19.4 Å². The molecular weight excluding hydrogens is 711 g/mol. The zero-order chi connectivity index (χ0) is 37.8. The van der Waals surface area contributed by atoms with Crippen molar-refractivity contribution in [3.8, 4) is 6.07 Å². The summed E-state index contributed by atoms with van der Waals surface area (Å²) in [6.07, 6.45) is 6.05. The maximum Gasteiger partial charge on any atom is 0.469 e. The average Bonchev–Trinajstić information content (AvgIpc) is 3.56. The minimum Gasteiger partial charge on any atom is -0.447 e. The number of pyridine rings is 2. The van der Waals surface area contributed by atoms with E-state index in [9.17, 15) is 29.2 Å². The molecule has 1 atom stereocenters. The number of phosphoric ester groups is 1. The number of phosphoric acid groups is 1. The van der Waals surface area contributed by atoms with E-state index < -0.39 is 33.2 Å². The lowest BCUT2D eigenvalue weighted by Gasteiger charge is -2.31. The molecule has 0 aliphatic carbocycles. The number of amides is 1. The van der Waals surface area contributed by atoms with Gasteiger partial charge in [0.2, 0.25) is 0 Å². The number of hydrogen-bond donors (Lipinski definition) is 3. The van der Waals surface area contributed by atoms with E-state index in [1.165, 1.54) is 21.7 Å². The van der Waals surface area contributed by atoms with Gasteiger partial charge in [-0.25, -0.2) is 9.36 Å². The van der Waals surface area contributed by atoms with Gasteiger partial charge in [-0.15, -0.1) is 11.7 Å². The van der Waals surface area contributed by atoms with E-state index in [0.29, 0.717) is 58.1 Å². The molecule has 3 N–H and O–H groups in total. The normalized spacial score (nSPS) is 12.4. The molecule has 15 nitrogen and oxygen atoms in total. The molecule has 0 radical (unpaired) electrons. The number of rotatable bonds is 13. The lowest BCUT2D eigenvalue weighted by molar-refractivity contribution is 0.114. The molecule has 0 bridgehead atoms. The number of halogens is 1. The molecule has 272 valence electrons. The molecule has 0 fully saturated rings. The monoisotopic (exact) mass is 748 g/mol. The summed E-state index contributed by atoms with van der Waals surface area (Å²) < 4.78 is 24.5. The highest BCUT2D eigenvalue weighted by atomic mass is 35.5. The number of ether oxygens (including phenoxy) is 1. The Balaban J connectivity index is 1.79. The Kier molecular flexibility index (Phi) is 11.5. The molecule has 17 heteroatoms. The van der Waals surface area contributed by atoms with Crippen LogP contribution in [0.2, 0.25) is 5.02 Å². The molecule has 5 rings (SSSR count). The molecule has 3 aromatic heterocycles. The van der Waals surface area contributed by atoms with Crippen molar-refractivity contribution in [1.29, 1.82) is 5.26 Å². The summed E-state index contributed by atoms with van der Waals surface area (Å²) in [5.41, 5.74) is 1.60. The molecule has 3 heterocycles. The maximum absolute atomic E-state index is 14.4. The van der Waals surface area contributed by atoms with Gasteiger partial charge >= 0.3 is 13.9 Å². The number of carbonyl (C=O) groups is 1. The molecule has 0 saturated heterocycles. The molecule has 0 spiro atoms. The Morgan fingerprint density at radius 3 is 2.67 bits per heavy atom. The second-order valence-corrected chi connectivity index (χ2v) is 14.8. The van der Waals surface area contributed by atoms with E-state index in [4.69, 9.17) is 16.3 Å². The molecule has 5 aromatic rings. The number of aryl methyl sites for hydroxylation is 2. The van der Waals surface area contributed by atoms with E-state index in [1.807, 2.05) is 20.8 Å². The summed E-state index contributed by atoms with van der Waals surface area (Å²) in [7, 11) is -3.22. The van der Waals surface area contributed by atoms with Crippen LogP contribution in [0, 0.1) is 16.7 Å². The lowest BCUT2D eigenvalue weighted by atomic mass is 9.95. The third-order valence-corrected chi connectivity index (χ3v) is 8.78. The van der Waals surface area contributed by atoms with Crippen molar-refractivity contribution < 1.29 is 28.4 Å². The average molecular weight is 749 g/mol. The third-order valence-electron chi connectivity index (χ3n) is 7.98. The van der Waals surface area contributed by atoms with Crippen molar-refractivity contribution >= 4 is 58.6 Å². The molecule has 52 heavy (non-hydrogen) atoms. The Morgan fingerprint density at radius 1 is 1.21 bits per heavy atom. The van der Waals surface area contributed by atoms with Crippen molar-refractivity contribution in [3.63, 3.8) is 0 Å². The van der Waals surface area contributed by atoms with Gasteiger partial charge in [-0.3, -0.25) is 23.9 Å². The zero-order valence-electron chi connectivity index (χ0n) is 29.0. The van der Waals surface area contributed by atoms with Crippen LogP contribution in [0.15, 0.2) is 72.4 Å². The first-order chi connectivity index (χ1) is 24.6. The van der Waals surface area contributed by atoms with Crippen LogP contribution < -0.4 is 15.8 Å². The second kappa shape index (κ2) is 15.6. The molecule has 0 unspecified atom stereocenters. The van der Waals surface area contributed by atoms with Crippen molar-refractivity contribution in [2.24, 2.45) is 12.5 Å². The smallest absolute Gasteiger partial charge is 0.447 e. The largest absolute Gasteiger partial charge is 0.469 e. The first kappa shape index (κ1) is 38.1. The standard InChI is InChI=1S/C35H38ClN8O7P/c1-6-7-12-43-20-29(40-41-43)32(25-9-8-10-26-24(25)11-13-42(5)33(26)45)44(34(46)50-14-15-51-52(47,48)49)23-16-27-30(39-21-35(2,3)4)22(18-37)19-38-31(27)28(36)17-23/h6,8-11,13,16-17,19-20,32H,1,7,12,14-15,21H2,2-5H3,(H,38,39)(H2,47,48,49)/t32-/m0/s1. The number of fused-ring (bicyclic) bond motifs is 2. The summed E-state index contributed by atoms with van der Waals surface area (Å²) in [6.45, 7) is 9.66. The molecule has 2 aromatic carbocycles. The fourth-order valence-electron chi connectivity index (χ4n) is 5.57. The molecular formula is C35H38ClN8O7P. The second-order valence-electron chi connectivity index (χ2n) is 13.1. The van der Waals surface area contributed by atoms with Gasteiger partial charge in [-0.05, 0) is 47.1 Å². The van der Waals surface area contributed by atoms with E-state index in [0.717, 1.165) is 0 Å². The van der Waals surface area contributed by atoms with Crippen molar-refractivity contribution in [1.82, 2.24) is 24.5 Å². The fraction of sp³-hybridized carbons (Fsp3) is 0.314. The summed E-state index contributed by atoms with van der Waals surface area (Å²) in [6, 6.07) is 11.1. The minimum atomic E-state index is -4.85. The summed E-state index contributed by atoms with van der Waals surface area (Å²) in [5, 5.41) is 23.6. The Hall–Kier alpha value is -5.10. The van der Waals surface area contributed by atoms with Gasteiger partial charge < -0.3 is 24.4 Å². The van der Waals surface area contributed by atoms with Crippen LogP contribution in [-0.2, 0) is 27.4 Å². The Bertz CT molecular complexity index is 2290. The van der Waals surface area contributed by atoms with Crippen LogP contribution in [0.3, 0.4) is 0 Å². The van der Waals surface area contributed by atoms with E-state index in [1.54, 1.807) is 60.5 Å². The van der Waals surface area contributed by atoms with Crippen LogP contribution in [0.4, 0.5) is 16.2 Å². The number of benzene rings is 2. The number of nitrogens with one attached hydrogen (secondary N) is 1. The predicted octanol–water partition coefficient (Wildman–Crippen LogP) is 6.08. The number of carbonyl (C=O) groups excluding carboxylic acids is 1. The van der Waals surface area contributed by atoms with Gasteiger partial charge in [0, 0.05) is 43.3 Å². The summed E-state index contributed by atoms with van der Waals surface area (Å²) in [4.78, 5) is 51.8. The number of aromatic nitrogens is 5. The topological polar surface area (TPSA) is 198 Å². The van der Waals surface area contributed by atoms with Gasteiger partial charge in [-0.1, -0.05) is 55.8 Å². The van der Waals surface area contributed by atoms with Crippen LogP contribution in [0.5, 0.6) is 0 Å². The van der Waals surface area contributed by atoms with Gasteiger partial charge in [-0.2, -0.15) is 5.26 Å². The van der Waals surface area contributed by atoms with Crippen molar-refractivity contribution in [2.75, 3.05) is 30.0 Å². The number of anilines is 2. The van der Waals surface area contributed by atoms with Crippen molar-refractivity contribution in [2.45, 2.75) is 39.8 Å². The predicted molar refractivity (Wildman–Crippen MR) is 197 cm³/mol. The Labute approximate surface area is 304 Å². The summed E-state index contributed by atoms with van der Waals surface area (Å²) in [5.74, 6) is 0.